The summed E-state index contributed by atoms with van der Waals surface area (Å²) in [5, 5.41) is 2.76. The molecule has 3 N–H and O–H groups in total. The van der Waals surface area contributed by atoms with Crippen molar-refractivity contribution in [1.82, 2.24) is 0 Å². The quantitative estimate of drug-likeness (QED) is 0.834. The molecule has 0 aromatic heterocycles. The molecule has 0 spiro atoms. The van der Waals surface area contributed by atoms with Crippen molar-refractivity contribution in [3.8, 4) is 11.8 Å². The first-order valence-electron chi connectivity index (χ1n) is 6.92. The molecule has 1 aromatic carbocycles. The van der Waals surface area contributed by atoms with Gasteiger partial charge in [-0.1, -0.05) is 11.8 Å². The number of ether oxygens (including phenoxy) is 1. The van der Waals surface area contributed by atoms with Crippen molar-refractivity contribution in [2.75, 3.05) is 19.0 Å². The normalized spacial score (nSPS) is 15.6. The molecule has 0 heterocycles. The second-order valence-electron chi connectivity index (χ2n) is 5.17. The van der Waals surface area contributed by atoms with Gasteiger partial charge in [0.25, 0.3) is 0 Å². The first-order valence-corrected chi connectivity index (χ1v) is 6.92. The van der Waals surface area contributed by atoms with E-state index in [1.807, 2.05) is 0 Å². The van der Waals surface area contributed by atoms with Gasteiger partial charge in [0.05, 0.1) is 24.1 Å². The highest BCUT2D eigenvalue weighted by Crippen LogP contribution is 2.38. The Morgan fingerprint density at radius 3 is 2.86 bits per heavy atom. The average Bonchev–Trinajstić information content (AvgIpc) is 2.43. The number of nitrogens with one attached hydrogen (secondary N) is 1. The number of hydrogen-bond donors (Lipinski definition) is 2. The number of rotatable bonds is 4. The smallest absolute Gasteiger partial charge is 0.227 e. The van der Waals surface area contributed by atoms with E-state index in [1.54, 1.807) is 7.11 Å². The number of carbonyl (C=O) groups is 1. The molecule has 0 bridgehead atoms. The summed E-state index contributed by atoms with van der Waals surface area (Å²) in [7, 11) is 1.63. The Bertz CT molecular complexity index is 580. The number of benzene rings is 1. The lowest BCUT2D eigenvalue weighted by atomic mass is 9.77. The Morgan fingerprint density at radius 1 is 1.52 bits per heavy atom. The number of anilines is 1. The molecule has 0 unspecified atom stereocenters. The van der Waals surface area contributed by atoms with Gasteiger partial charge in [-0.15, -0.1) is 0 Å². The maximum atomic E-state index is 13.5. The molecule has 2 rings (SSSR count). The van der Waals surface area contributed by atoms with Crippen LogP contribution in [0.2, 0.25) is 0 Å². The highest BCUT2D eigenvalue weighted by molar-refractivity contribution is 5.91. The number of methoxy groups -OCH3 is 1. The molecule has 0 aliphatic heterocycles. The van der Waals surface area contributed by atoms with Gasteiger partial charge in [0, 0.05) is 12.8 Å². The van der Waals surface area contributed by atoms with Crippen molar-refractivity contribution in [1.29, 1.82) is 0 Å². The predicted octanol–water partition coefficient (Wildman–Crippen LogP) is 2.03. The third-order valence-electron chi connectivity index (χ3n) is 3.76. The van der Waals surface area contributed by atoms with Gasteiger partial charge in [0.1, 0.15) is 5.82 Å². The summed E-state index contributed by atoms with van der Waals surface area (Å²) >= 11 is 0. The zero-order chi connectivity index (χ0) is 15.3. The van der Waals surface area contributed by atoms with Gasteiger partial charge in [0.15, 0.2) is 0 Å². The molecule has 1 aliphatic carbocycles. The van der Waals surface area contributed by atoms with E-state index in [0.717, 1.165) is 19.3 Å². The van der Waals surface area contributed by atoms with Crippen LogP contribution in [0.3, 0.4) is 0 Å². The minimum Gasteiger partial charge on any atom is -0.378 e. The summed E-state index contributed by atoms with van der Waals surface area (Å²) in [4.78, 5) is 12.0. The van der Waals surface area contributed by atoms with Crippen molar-refractivity contribution in [3.05, 3.63) is 29.6 Å². The summed E-state index contributed by atoms with van der Waals surface area (Å²) in [6, 6.07) is 4.31. The molecule has 1 fully saturated rings. The molecule has 1 aromatic rings. The second-order valence-corrected chi connectivity index (χ2v) is 5.17. The topological polar surface area (TPSA) is 64.3 Å². The lowest BCUT2D eigenvalue weighted by molar-refractivity contribution is -0.129. The largest absolute Gasteiger partial charge is 0.378 e. The fourth-order valence-corrected chi connectivity index (χ4v) is 2.37. The SMILES string of the molecule is COC1(CC(=O)Nc2ccc(F)c(C#CCN)c2)CCC1. The minimum absolute atomic E-state index is 0.138. The van der Waals surface area contributed by atoms with Crippen LogP contribution in [0.15, 0.2) is 18.2 Å². The van der Waals surface area contributed by atoms with Crippen LogP contribution in [-0.4, -0.2) is 25.2 Å². The van der Waals surface area contributed by atoms with Crippen molar-refractivity contribution in [2.24, 2.45) is 5.73 Å². The van der Waals surface area contributed by atoms with Crippen LogP contribution < -0.4 is 11.1 Å². The molecular formula is C16H19FN2O2. The molecule has 0 saturated heterocycles. The van der Waals surface area contributed by atoms with Gasteiger partial charge in [-0.3, -0.25) is 4.79 Å². The highest BCUT2D eigenvalue weighted by atomic mass is 19.1. The van der Waals surface area contributed by atoms with Gasteiger partial charge in [-0.2, -0.15) is 0 Å². The van der Waals surface area contributed by atoms with Gasteiger partial charge < -0.3 is 15.8 Å². The first-order chi connectivity index (χ1) is 10.1. The van der Waals surface area contributed by atoms with E-state index in [4.69, 9.17) is 10.5 Å². The number of halogens is 1. The van der Waals surface area contributed by atoms with Gasteiger partial charge >= 0.3 is 0 Å². The van der Waals surface area contributed by atoms with Crippen LogP contribution in [0.4, 0.5) is 10.1 Å². The Kier molecular flexibility index (Phi) is 4.94. The van der Waals surface area contributed by atoms with E-state index in [1.165, 1.54) is 18.2 Å². The van der Waals surface area contributed by atoms with E-state index in [2.05, 4.69) is 17.2 Å². The monoisotopic (exact) mass is 290 g/mol. The number of hydrogen-bond acceptors (Lipinski definition) is 3. The fraction of sp³-hybridized carbons (Fsp3) is 0.438. The summed E-state index contributed by atoms with van der Waals surface area (Å²) in [6.45, 7) is 0.159. The van der Waals surface area contributed by atoms with Crippen LogP contribution >= 0.6 is 0 Å². The van der Waals surface area contributed by atoms with Crippen LogP contribution in [0.25, 0.3) is 0 Å². The predicted molar refractivity (Wildman–Crippen MR) is 79.2 cm³/mol. The molecular weight excluding hydrogens is 271 g/mol. The minimum atomic E-state index is -0.429. The second kappa shape index (κ2) is 6.70. The summed E-state index contributed by atoms with van der Waals surface area (Å²) in [5.41, 5.74) is 5.69. The van der Waals surface area contributed by atoms with Crippen molar-refractivity contribution >= 4 is 11.6 Å². The van der Waals surface area contributed by atoms with Crippen molar-refractivity contribution in [3.63, 3.8) is 0 Å². The molecule has 5 heteroatoms. The lowest BCUT2D eigenvalue weighted by Gasteiger charge is -2.39. The van der Waals surface area contributed by atoms with Gasteiger partial charge in [-0.25, -0.2) is 4.39 Å². The van der Waals surface area contributed by atoms with E-state index in [0.29, 0.717) is 12.1 Å². The molecule has 112 valence electrons. The van der Waals surface area contributed by atoms with Crippen molar-refractivity contribution in [2.45, 2.75) is 31.3 Å². The zero-order valence-electron chi connectivity index (χ0n) is 12.0. The Morgan fingerprint density at radius 2 is 2.29 bits per heavy atom. The molecule has 1 saturated carbocycles. The van der Waals surface area contributed by atoms with Crippen LogP contribution in [0.1, 0.15) is 31.2 Å². The summed E-state index contributed by atoms with van der Waals surface area (Å²) in [5.74, 6) is 4.67. The van der Waals surface area contributed by atoms with Crippen LogP contribution in [0.5, 0.6) is 0 Å². The fourth-order valence-electron chi connectivity index (χ4n) is 2.37. The van der Waals surface area contributed by atoms with Crippen LogP contribution in [0, 0.1) is 17.7 Å². The molecule has 1 aliphatic rings. The Labute approximate surface area is 123 Å². The van der Waals surface area contributed by atoms with E-state index in [9.17, 15) is 9.18 Å². The standard InChI is InChI=1S/C16H19FN2O2/c1-21-16(7-3-8-16)11-15(20)19-13-5-6-14(17)12(10-13)4-2-9-18/h5-6,10H,3,7-9,11,18H2,1H3,(H,19,20). The maximum absolute atomic E-state index is 13.5. The molecule has 4 nitrogen and oxygen atoms in total. The summed E-state index contributed by atoms with van der Waals surface area (Å²) < 4.78 is 19.0. The van der Waals surface area contributed by atoms with Crippen LogP contribution in [-0.2, 0) is 9.53 Å². The van der Waals surface area contributed by atoms with Gasteiger partial charge in [-0.05, 0) is 37.5 Å². The van der Waals surface area contributed by atoms with Crippen molar-refractivity contribution < 1.29 is 13.9 Å². The number of amides is 1. The average molecular weight is 290 g/mol. The Hall–Kier alpha value is -1.90. The zero-order valence-corrected chi connectivity index (χ0v) is 12.0. The lowest BCUT2D eigenvalue weighted by Crippen LogP contribution is -2.42. The molecule has 1 amide bonds. The third-order valence-corrected chi connectivity index (χ3v) is 3.76. The third kappa shape index (κ3) is 3.81. The molecule has 0 radical (unpaired) electrons. The first kappa shape index (κ1) is 15.5. The Balaban J connectivity index is 2.04. The van der Waals surface area contributed by atoms with E-state index < -0.39 is 5.82 Å². The summed E-state index contributed by atoms with van der Waals surface area (Å²) in [6.07, 6.45) is 3.18. The number of nitrogens with two attached hydrogens (primary N) is 1. The maximum Gasteiger partial charge on any atom is 0.227 e. The van der Waals surface area contributed by atoms with E-state index in [-0.39, 0.29) is 23.6 Å². The van der Waals surface area contributed by atoms with Gasteiger partial charge in [0.2, 0.25) is 5.91 Å². The van der Waals surface area contributed by atoms with E-state index >= 15 is 0 Å². The highest BCUT2D eigenvalue weighted by Gasteiger charge is 2.38. The number of carbonyl (C=O) groups excluding carboxylic acids is 1. The molecule has 0 atom stereocenters. The molecule has 21 heavy (non-hydrogen) atoms.